The zero-order valence-corrected chi connectivity index (χ0v) is 10.7. The summed E-state index contributed by atoms with van der Waals surface area (Å²) >= 11 is 5.74. The van der Waals surface area contributed by atoms with Gasteiger partial charge < -0.3 is 4.57 Å². The second kappa shape index (κ2) is 6.71. The van der Waals surface area contributed by atoms with Gasteiger partial charge in [0, 0.05) is 43.8 Å². The molecule has 0 fully saturated rings. The zero-order valence-electron chi connectivity index (χ0n) is 9.90. The zero-order chi connectivity index (χ0) is 12.0. The van der Waals surface area contributed by atoms with Crippen LogP contribution in [0.3, 0.4) is 0 Å². The normalized spacial score (nSPS) is 11.3. The molecule has 0 aliphatic carbocycles. The van der Waals surface area contributed by atoms with Gasteiger partial charge in [0.25, 0.3) is 5.56 Å². The minimum atomic E-state index is 0.0529. The molecule has 0 atom stereocenters. The Balaban J connectivity index is 2.55. The van der Waals surface area contributed by atoms with Crippen molar-refractivity contribution >= 4 is 11.6 Å². The number of rotatable bonds is 6. The maximum atomic E-state index is 11.5. The molecule has 0 aliphatic rings. The van der Waals surface area contributed by atoms with E-state index in [2.05, 4.69) is 18.7 Å². The Morgan fingerprint density at radius 2 is 2.12 bits per heavy atom. The molecule has 1 rings (SSSR count). The van der Waals surface area contributed by atoms with Crippen molar-refractivity contribution in [3.05, 3.63) is 34.7 Å². The molecule has 1 aromatic rings. The van der Waals surface area contributed by atoms with Crippen LogP contribution in [0.25, 0.3) is 0 Å². The van der Waals surface area contributed by atoms with E-state index in [1.807, 2.05) is 12.3 Å². The van der Waals surface area contributed by atoms with E-state index in [4.69, 9.17) is 11.6 Å². The van der Waals surface area contributed by atoms with Crippen molar-refractivity contribution < 1.29 is 0 Å². The van der Waals surface area contributed by atoms with Gasteiger partial charge in [-0.1, -0.05) is 6.07 Å². The van der Waals surface area contributed by atoms with E-state index < -0.39 is 0 Å². The topological polar surface area (TPSA) is 25.2 Å². The molecule has 4 heteroatoms. The standard InChI is InChI=1S/C12H19ClN2O/c1-11(2)14(8-6-13)9-10-15-7-4-3-5-12(15)16/h3-5,7,11H,6,8-10H2,1-2H3. The lowest BCUT2D eigenvalue weighted by Gasteiger charge is -2.25. The number of aromatic nitrogens is 1. The second-order valence-corrected chi connectivity index (χ2v) is 4.43. The number of nitrogens with zero attached hydrogens (tertiary/aromatic N) is 2. The van der Waals surface area contributed by atoms with Gasteiger partial charge in [-0.2, -0.15) is 0 Å². The lowest BCUT2D eigenvalue weighted by molar-refractivity contribution is 0.225. The van der Waals surface area contributed by atoms with Gasteiger partial charge in [-0.25, -0.2) is 0 Å². The van der Waals surface area contributed by atoms with Crippen molar-refractivity contribution in [2.75, 3.05) is 19.0 Å². The molecule has 3 nitrogen and oxygen atoms in total. The number of pyridine rings is 1. The summed E-state index contributed by atoms with van der Waals surface area (Å²) in [6.07, 6.45) is 1.82. The van der Waals surface area contributed by atoms with E-state index >= 15 is 0 Å². The summed E-state index contributed by atoms with van der Waals surface area (Å²) in [6.45, 7) is 6.71. The SMILES string of the molecule is CC(C)N(CCCl)CCn1ccccc1=O. The highest BCUT2D eigenvalue weighted by atomic mass is 35.5. The molecule has 1 aromatic heterocycles. The summed E-state index contributed by atoms with van der Waals surface area (Å²) in [5, 5.41) is 0. The van der Waals surface area contributed by atoms with Gasteiger partial charge in [0.15, 0.2) is 0 Å². The van der Waals surface area contributed by atoms with Crippen LogP contribution in [-0.4, -0.2) is 34.5 Å². The molecule has 0 aromatic carbocycles. The Morgan fingerprint density at radius 1 is 1.38 bits per heavy atom. The van der Waals surface area contributed by atoms with Crippen molar-refractivity contribution in [3.63, 3.8) is 0 Å². The van der Waals surface area contributed by atoms with E-state index in [0.29, 0.717) is 11.9 Å². The summed E-state index contributed by atoms with van der Waals surface area (Å²) in [4.78, 5) is 13.7. The number of hydrogen-bond donors (Lipinski definition) is 0. The molecule has 90 valence electrons. The van der Waals surface area contributed by atoms with Crippen LogP contribution in [0.15, 0.2) is 29.2 Å². The molecule has 0 bridgehead atoms. The Kier molecular flexibility index (Phi) is 5.56. The van der Waals surface area contributed by atoms with E-state index in [1.165, 1.54) is 0 Å². The molecule has 0 unspecified atom stereocenters. The summed E-state index contributed by atoms with van der Waals surface area (Å²) in [5.74, 6) is 0.627. The first-order chi connectivity index (χ1) is 7.65. The van der Waals surface area contributed by atoms with E-state index in [1.54, 1.807) is 16.7 Å². The smallest absolute Gasteiger partial charge is 0.250 e. The molecule has 0 spiro atoms. The first-order valence-electron chi connectivity index (χ1n) is 5.60. The minimum Gasteiger partial charge on any atom is -0.314 e. The van der Waals surface area contributed by atoms with Crippen LogP contribution in [0.2, 0.25) is 0 Å². The third-order valence-corrected chi connectivity index (χ3v) is 2.80. The average Bonchev–Trinajstić information content (AvgIpc) is 2.26. The Labute approximate surface area is 102 Å². The lowest BCUT2D eigenvalue weighted by atomic mass is 10.3. The first kappa shape index (κ1) is 13.3. The summed E-state index contributed by atoms with van der Waals surface area (Å²) in [7, 11) is 0. The fraction of sp³-hybridized carbons (Fsp3) is 0.583. The number of hydrogen-bond acceptors (Lipinski definition) is 2. The van der Waals surface area contributed by atoms with Crippen molar-refractivity contribution in [1.82, 2.24) is 9.47 Å². The summed E-state index contributed by atoms with van der Waals surface area (Å²) < 4.78 is 1.73. The molecule has 0 aliphatic heterocycles. The molecule has 0 saturated heterocycles. The van der Waals surface area contributed by atoms with Crippen LogP contribution in [0.1, 0.15) is 13.8 Å². The van der Waals surface area contributed by atoms with Crippen molar-refractivity contribution in [1.29, 1.82) is 0 Å². The third kappa shape index (κ3) is 3.99. The quantitative estimate of drug-likeness (QED) is 0.711. The Bertz CT molecular complexity index is 362. The molecular weight excluding hydrogens is 224 g/mol. The van der Waals surface area contributed by atoms with Gasteiger partial charge in [0.2, 0.25) is 0 Å². The van der Waals surface area contributed by atoms with Crippen LogP contribution < -0.4 is 5.56 Å². The van der Waals surface area contributed by atoms with Crippen molar-refractivity contribution in [2.24, 2.45) is 0 Å². The predicted octanol–water partition coefficient (Wildman–Crippen LogP) is 1.80. The average molecular weight is 243 g/mol. The van der Waals surface area contributed by atoms with Gasteiger partial charge in [-0.05, 0) is 19.9 Å². The fourth-order valence-corrected chi connectivity index (χ4v) is 1.84. The van der Waals surface area contributed by atoms with Gasteiger partial charge in [0.1, 0.15) is 0 Å². The van der Waals surface area contributed by atoms with Crippen LogP contribution in [0.5, 0.6) is 0 Å². The molecule has 0 amide bonds. The number of alkyl halides is 1. The fourth-order valence-electron chi connectivity index (χ4n) is 1.62. The highest BCUT2D eigenvalue weighted by molar-refractivity contribution is 6.18. The van der Waals surface area contributed by atoms with E-state index in [9.17, 15) is 4.79 Å². The van der Waals surface area contributed by atoms with Crippen LogP contribution in [0.4, 0.5) is 0 Å². The molecule has 0 radical (unpaired) electrons. The van der Waals surface area contributed by atoms with Crippen LogP contribution in [0, 0.1) is 0 Å². The first-order valence-corrected chi connectivity index (χ1v) is 6.14. The maximum Gasteiger partial charge on any atom is 0.250 e. The molecule has 0 saturated carbocycles. The lowest BCUT2D eigenvalue weighted by Crippen LogP contribution is -2.36. The Morgan fingerprint density at radius 3 is 2.69 bits per heavy atom. The molecule has 16 heavy (non-hydrogen) atoms. The Hall–Kier alpha value is -0.800. The maximum absolute atomic E-state index is 11.5. The van der Waals surface area contributed by atoms with Crippen LogP contribution in [-0.2, 0) is 6.54 Å². The monoisotopic (exact) mass is 242 g/mol. The molecule has 1 heterocycles. The largest absolute Gasteiger partial charge is 0.314 e. The predicted molar refractivity (Wildman–Crippen MR) is 68.1 cm³/mol. The highest BCUT2D eigenvalue weighted by Crippen LogP contribution is 1.99. The van der Waals surface area contributed by atoms with E-state index in [0.717, 1.165) is 19.6 Å². The molecule has 0 N–H and O–H groups in total. The van der Waals surface area contributed by atoms with Crippen molar-refractivity contribution in [3.8, 4) is 0 Å². The highest BCUT2D eigenvalue weighted by Gasteiger charge is 2.08. The second-order valence-electron chi connectivity index (χ2n) is 4.05. The summed E-state index contributed by atoms with van der Waals surface area (Å²) in [6, 6.07) is 5.68. The number of halogens is 1. The van der Waals surface area contributed by atoms with Gasteiger partial charge in [-0.3, -0.25) is 9.69 Å². The molecular formula is C12H19ClN2O. The van der Waals surface area contributed by atoms with Gasteiger partial charge >= 0.3 is 0 Å². The minimum absolute atomic E-state index is 0.0529. The third-order valence-electron chi connectivity index (χ3n) is 2.63. The van der Waals surface area contributed by atoms with Crippen LogP contribution >= 0.6 is 11.6 Å². The van der Waals surface area contributed by atoms with E-state index in [-0.39, 0.29) is 5.56 Å². The summed E-state index contributed by atoms with van der Waals surface area (Å²) in [5.41, 5.74) is 0.0529. The van der Waals surface area contributed by atoms with Crippen molar-refractivity contribution in [2.45, 2.75) is 26.4 Å². The van der Waals surface area contributed by atoms with Gasteiger partial charge in [-0.15, -0.1) is 11.6 Å². The van der Waals surface area contributed by atoms with Gasteiger partial charge in [0.05, 0.1) is 0 Å².